The van der Waals surface area contributed by atoms with Gasteiger partial charge in [0.15, 0.2) is 0 Å². The number of aromatic nitrogens is 1. The minimum Gasteiger partial charge on any atom is -0.507 e. The lowest BCUT2D eigenvalue weighted by molar-refractivity contribution is 0.0923. The highest BCUT2D eigenvalue weighted by molar-refractivity contribution is 5.97. The molecule has 1 aliphatic carbocycles. The highest BCUT2D eigenvalue weighted by atomic mass is 16.3. The summed E-state index contributed by atoms with van der Waals surface area (Å²) in [5.41, 5.74) is 0.480. The van der Waals surface area contributed by atoms with Gasteiger partial charge in [0.05, 0.1) is 5.69 Å². The first-order valence-corrected chi connectivity index (χ1v) is 7.98. The van der Waals surface area contributed by atoms with Crippen LogP contribution in [0, 0.1) is 0 Å². The molecular formula is C18H20N2O3. The van der Waals surface area contributed by atoms with Crippen LogP contribution in [0.15, 0.2) is 41.2 Å². The molecule has 0 spiro atoms. The van der Waals surface area contributed by atoms with Crippen molar-refractivity contribution in [1.82, 2.24) is 10.3 Å². The van der Waals surface area contributed by atoms with Gasteiger partial charge in [-0.05, 0) is 18.4 Å². The predicted molar refractivity (Wildman–Crippen MR) is 88.5 cm³/mol. The maximum absolute atomic E-state index is 12.3. The highest BCUT2D eigenvalue weighted by Gasteiger charge is 2.22. The van der Waals surface area contributed by atoms with Crippen LogP contribution in [0.3, 0.4) is 0 Å². The molecule has 0 saturated heterocycles. The zero-order valence-electron chi connectivity index (χ0n) is 12.8. The van der Waals surface area contributed by atoms with Crippen molar-refractivity contribution in [3.63, 3.8) is 0 Å². The first kappa shape index (κ1) is 15.3. The Labute approximate surface area is 134 Å². The molecule has 5 heteroatoms. The zero-order valence-corrected chi connectivity index (χ0v) is 12.8. The average Bonchev–Trinajstić information content (AvgIpc) is 2.56. The van der Waals surface area contributed by atoms with E-state index < -0.39 is 11.5 Å². The van der Waals surface area contributed by atoms with Crippen molar-refractivity contribution in [2.75, 3.05) is 0 Å². The summed E-state index contributed by atoms with van der Waals surface area (Å²) in [6.07, 6.45) is 5.20. The van der Waals surface area contributed by atoms with E-state index in [-0.39, 0.29) is 17.4 Å². The second-order valence-electron chi connectivity index (χ2n) is 5.95. The van der Waals surface area contributed by atoms with Gasteiger partial charge >= 0.3 is 0 Å². The number of benzene rings is 1. The van der Waals surface area contributed by atoms with E-state index in [9.17, 15) is 14.7 Å². The minimum absolute atomic E-state index is 0.0869. The summed E-state index contributed by atoms with van der Waals surface area (Å²) in [6, 6.07) is 10.7. The van der Waals surface area contributed by atoms with Crippen LogP contribution in [0.4, 0.5) is 0 Å². The topological polar surface area (TPSA) is 82.2 Å². The van der Waals surface area contributed by atoms with Gasteiger partial charge < -0.3 is 15.4 Å². The van der Waals surface area contributed by atoms with Crippen LogP contribution >= 0.6 is 0 Å². The fourth-order valence-corrected chi connectivity index (χ4v) is 3.04. The molecule has 120 valence electrons. The molecule has 0 atom stereocenters. The molecule has 0 unspecified atom stereocenters. The molecule has 3 N–H and O–H groups in total. The van der Waals surface area contributed by atoms with E-state index >= 15 is 0 Å². The smallest absolute Gasteiger partial charge is 0.265 e. The summed E-state index contributed by atoms with van der Waals surface area (Å²) >= 11 is 0. The van der Waals surface area contributed by atoms with Crippen molar-refractivity contribution in [3.8, 4) is 17.0 Å². The van der Waals surface area contributed by atoms with Gasteiger partial charge in [0.1, 0.15) is 11.3 Å². The number of H-pyrrole nitrogens is 1. The Morgan fingerprint density at radius 3 is 2.48 bits per heavy atom. The van der Waals surface area contributed by atoms with Gasteiger partial charge in [-0.2, -0.15) is 0 Å². The van der Waals surface area contributed by atoms with Crippen LogP contribution in [0.2, 0.25) is 0 Å². The van der Waals surface area contributed by atoms with Crippen LogP contribution in [-0.2, 0) is 0 Å². The van der Waals surface area contributed by atoms with Crippen molar-refractivity contribution in [1.29, 1.82) is 0 Å². The average molecular weight is 312 g/mol. The molecule has 1 aromatic carbocycles. The van der Waals surface area contributed by atoms with Gasteiger partial charge in [-0.1, -0.05) is 49.6 Å². The fraction of sp³-hybridized carbons (Fsp3) is 0.333. The molecule has 1 aromatic heterocycles. The summed E-state index contributed by atoms with van der Waals surface area (Å²) in [4.78, 5) is 27.2. The molecule has 1 aliphatic rings. The number of nitrogens with one attached hydrogen (secondary N) is 2. The number of aromatic hydroxyl groups is 1. The van der Waals surface area contributed by atoms with E-state index in [1.807, 2.05) is 30.3 Å². The molecule has 3 rings (SSSR count). The molecule has 1 fully saturated rings. The molecule has 1 saturated carbocycles. The van der Waals surface area contributed by atoms with Gasteiger partial charge in [0, 0.05) is 12.1 Å². The Bertz CT molecular complexity index is 747. The van der Waals surface area contributed by atoms with Crippen LogP contribution in [0.25, 0.3) is 11.3 Å². The highest BCUT2D eigenvalue weighted by Crippen LogP contribution is 2.22. The lowest BCUT2D eigenvalue weighted by Gasteiger charge is -2.22. The molecule has 5 nitrogen and oxygen atoms in total. The van der Waals surface area contributed by atoms with Gasteiger partial charge in [0.2, 0.25) is 0 Å². The van der Waals surface area contributed by atoms with Crippen LogP contribution in [-0.4, -0.2) is 22.0 Å². The first-order valence-electron chi connectivity index (χ1n) is 7.98. The third kappa shape index (κ3) is 3.44. The van der Waals surface area contributed by atoms with Gasteiger partial charge in [-0.3, -0.25) is 9.59 Å². The van der Waals surface area contributed by atoms with E-state index in [1.165, 1.54) is 12.5 Å². The third-order valence-electron chi connectivity index (χ3n) is 4.26. The minimum atomic E-state index is -0.572. The Balaban J connectivity index is 1.85. The molecule has 23 heavy (non-hydrogen) atoms. The van der Waals surface area contributed by atoms with Crippen molar-refractivity contribution in [2.24, 2.45) is 0 Å². The maximum Gasteiger partial charge on any atom is 0.265 e. The lowest BCUT2D eigenvalue weighted by Crippen LogP contribution is -2.38. The number of pyridine rings is 1. The molecular weight excluding hydrogens is 292 g/mol. The molecule has 0 radical (unpaired) electrons. The second kappa shape index (κ2) is 6.69. The molecule has 1 amide bonds. The number of aromatic amines is 1. The zero-order chi connectivity index (χ0) is 16.2. The van der Waals surface area contributed by atoms with Crippen LogP contribution < -0.4 is 10.9 Å². The Morgan fingerprint density at radius 2 is 1.83 bits per heavy atom. The third-order valence-corrected chi connectivity index (χ3v) is 4.26. The van der Waals surface area contributed by atoms with Crippen molar-refractivity contribution < 1.29 is 9.90 Å². The van der Waals surface area contributed by atoms with E-state index in [4.69, 9.17) is 0 Å². The normalized spacial score (nSPS) is 15.3. The van der Waals surface area contributed by atoms with Gasteiger partial charge in [0.25, 0.3) is 11.5 Å². The van der Waals surface area contributed by atoms with Crippen LogP contribution in [0.1, 0.15) is 42.5 Å². The molecule has 0 bridgehead atoms. The van der Waals surface area contributed by atoms with Gasteiger partial charge in [-0.15, -0.1) is 0 Å². The van der Waals surface area contributed by atoms with E-state index in [1.54, 1.807) is 0 Å². The number of hydrogen-bond acceptors (Lipinski definition) is 3. The predicted octanol–water partition coefficient (Wildman–Crippen LogP) is 2.81. The second-order valence-corrected chi connectivity index (χ2v) is 5.95. The van der Waals surface area contributed by atoms with Crippen molar-refractivity contribution in [3.05, 3.63) is 52.3 Å². The number of hydrogen-bond donors (Lipinski definition) is 3. The van der Waals surface area contributed by atoms with E-state index in [0.29, 0.717) is 5.69 Å². The molecule has 1 heterocycles. The first-order chi connectivity index (χ1) is 11.1. The standard InChI is InChI=1S/C18H20N2O3/c21-15-11-14(12-7-3-1-4-8-12)20-18(23)16(15)17(22)19-13-9-5-2-6-10-13/h1,3-4,7-8,11,13H,2,5-6,9-10H2,(H,19,22)(H2,20,21,23). The number of amides is 1. The summed E-state index contributed by atoms with van der Waals surface area (Å²) in [5.74, 6) is -0.795. The monoisotopic (exact) mass is 312 g/mol. The summed E-state index contributed by atoms with van der Waals surface area (Å²) < 4.78 is 0. The van der Waals surface area contributed by atoms with Crippen LogP contribution in [0.5, 0.6) is 5.75 Å². The lowest BCUT2D eigenvalue weighted by atomic mass is 9.95. The fourth-order valence-electron chi connectivity index (χ4n) is 3.04. The number of carbonyl (C=O) groups is 1. The maximum atomic E-state index is 12.3. The molecule has 2 aromatic rings. The Hall–Kier alpha value is -2.56. The molecule has 0 aliphatic heterocycles. The Morgan fingerprint density at radius 1 is 1.13 bits per heavy atom. The van der Waals surface area contributed by atoms with Gasteiger partial charge in [-0.25, -0.2) is 0 Å². The van der Waals surface area contributed by atoms with Crippen molar-refractivity contribution >= 4 is 5.91 Å². The number of rotatable bonds is 3. The van der Waals surface area contributed by atoms with E-state index in [0.717, 1.165) is 31.2 Å². The number of carbonyl (C=O) groups excluding carboxylic acids is 1. The summed E-state index contributed by atoms with van der Waals surface area (Å²) in [6.45, 7) is 0. The van der Waals surface area contributed by atoms with Crippen molar-refractivity contribution in [2.45, 2.75) is 38.1 Å². The summed E-state index contributed by atoms with van der Waals surface area (Å²) in [7, 11) is 0. The SMILES string of the molecule is O=C(NC1CCCCC1)c1c(O)cc(-c2ccccc2)[nH]c1=O. The largest absolute Gasteiger partial charge is 0.507 e. The summed E-state index contributed by atoms with van der Waals surface area (Å²) in [5, 5.41) is 13.0. The Kier molecular flexibility index (Phi) is 4.46. The quantitative estimate of drug-likeness (QED) is 0.815. The van der Waals surface area contributed by atoms with E-state index in [2.05, 4.69) is 10.3 Å².